The van der Waals surface area contributed by atoms with Gasteiger partial charge in [-0.15, -0.1) is 11.3 Å². The average Bonchev–Trinajstić information content (AvgIpc) is 3.54. The summed E-state index contributed by atoms with van der Waals surface area (Å²) in [5.74, 6) is 2.45. The maximum atomic E-state index is 12.3. The van der Waals surface area contributed by atoms with E-state index in [2.05, 4.69) is 21.0 Å². The molecular formula is C27H26N4O2S. The van der Waals surface area contributed by atoms with Crippen molar-refractivity contribution >= 4 is 39.2 Å². The molecule has 0 radical (unpaired) electrons. The molecule has 1 amide bonds. The molecule has 0 saturated carbocycles. The molecule has 3 heterocycles. The highest BCUT2D eigenvalue weighted by molar-refractivity contribution is 7.18. The topological polar surface area (TPSA) is 89.3 Å². The Hall–Kier alpha value is -3.68. The van der Waals surface area contributed by atoms with Crippen molar-refractivity contribution < 1.29 is 9.53 Å². The van der Waals surface area contributed by atoms with E-state index in [0.717, 1.165) is 57.8 Å². The largest absolute Gasteiger partial charge is 0.457 e. The number of nitrogens with zero attached hydrogens (tertiary/aromatic N) is 1. The number of rotatable bonds is 7. The number of anilines is 1. The van der Waals surface area contributed by atoms with E-state index >= 15 is 0 Å². The zero-order chi connectivity index (χ0) is 23.3. The molecular weight excluding hydrogens is 444 g/mol. The van der Waals surface area contributed by atoms with Crippen molar-refractivity contribution in [1.82, 2.24) is 15.6 Å². The van der Waals surface area contributed by atoms with Gasteiger partial charge in [-0.3, -0.25) is 4.79 Å². The first-order valence-corrected chi connectivity index (χ1v) is 12.2. The summed E-state index contributed by atoms with van der Waals surface area (Å²) in [7, 11) is 0. The van der Waals surface area contributed by atoms with Gasteiger partial charge in [0.2, 0.25) is 5.91 Å². The predicted molar refractivity (Wildman–Crippen MR) is 139 cm³/mol. The molecule has 1 atom stereocenters. The number of para-hydroxylation sites is 1. The molecule has 34 heavy (non-hydrogen) atoms. The first kappa shape index (κ1) is 22.1. The predicted octanol–water partition coefficient (Wildman–Crippen LogP) is 5.08. The summed E-state index contributed by atoms with van der Waals surface area (Å²) in [6.45, 7) is 2.68. The van der Waals surface area contributed by atoms with Crippen LogP contribution in [0.25, 0.3) is 27.3 Å². The van der Waals surface area contributed by atoms with Gasteiger partial charge in [-0.05, 0) is 66.7 Å². The quantitative estimate of drug-likeness (QED) is 0.328. The minimum absolute atomic E-state index is 0.0948. The number of carbonyl (C=O) groups is 1. The van der Waals surface area contributed by atoms with E-state index in [0.29, 0.717) is 18.3 Å². The van der Waals surface area contributed by atoms with E-state index in [1.807, 2.05) is 60.7 Å². The molecule has 4 N–H and O–H groups in total. The number of ether oxygens (including phenoxy) is 1. The second kappa shape index (κ2) is 10.1. The second-order valence-corrected chi connectivity index (χ2v) is 9.21. The van der Waals surface area contributed by atoms with Crippen molar-refractivity contribution in [2.45, 2.75) is 6.42 Å². The van der Waals surface area contributed by atoms with Gasteiger partial charge in [0.15, 0.2) is 0 Å². The number of fused-ring (bicyclic) bond motifs is 1. The molecule has 1 saturated heterocycles. The Bertz CT molecular complexity index is 1310. The summed E-state index contributed by atoms with van der Waals surface area (Å²) >= 11 is 1.60. The lowest BCUT2D eigenvalue weighted by Crippen LogP contribution is -2.28. The first-order valence-electron chi connectivity index (χ1n) is 11.3. The number of benzene rings is 2. The van der Waals surface area contributed by atoms with Crippen LogP contribution in [0.4, 0.5) is 5.82 Å². The van der Waals surface area contributed by atoms with Crippen molar-refractivity contribution in [3.8, 4) is 22.6 Å². The van der Waals surface area contributed by atoms with Crippen molar-refractivity contribution in [3.05, 3.63) is 77.8 Å². The Balaban J connectivity index is 1.34. The van der Waals surface area contributed by atoms with Crippen LogP contribution < -0.4 is 21.1 Å². The molecule has 4 aromatic rings. The zero-order valence-electron chi connectivity index (χ0n) is 18.7. The Morgan fingerprint density at radius 3 is 2.74 bits per heavy atom. The van der Waals surface area contributed by atoms with E-state index in [4.69, 9.17) is 10.5 Å². The summed E-state index contributed by atoms with van der Waals surface area (Å²) in [5, 5.41) is 9.29. The van der Waals surface area contributed by atoms with Crippen LogP contribution in [-0.4, -0.2) is 30.5 Å². The summed E-state index contributed by atoms with van der Waals surface area (Å²) in [5.41, 5.74) is 9.20. The van der Waals surface area contributed by atoms with E-state index < -0.39 is 0 Å². The van der Waals surface area contributed by atoms with Crippen LogP contribution in [0.5, 0.6) is 11.5 Å². The van der Waals surface area contributed by atoms with Gasteiger partial charge >= 0.3 is 0 Å². The van der Waals surface area contributed by atoms with Crippen LogP contribution >= 0.6 is 11.3 Å². The zero-order valence-corrected chi connectivity index (χ0v) is 19.5. The molecule has 1 aliphatic rings. The van der Waals surface area contributed by atoms with Gasteiger partial charge in [0, 0.05) is 40.0 Å². The second-order valence-electron chi connectivity index (χ2n) is 8.33. The minimum atomic E-state index is -0.0948. The Kier molecular flexibility index (Phi) is 6.56. The lowest BCUT2D eigenvalue weighted by molar-refractivity contribution is -0.116. The molecule has 2 aromatic carbocycles. The van der Waals surface area contributed by atoms with Gasteiger partial charge in [-0.25, -0.2) is 4.98 Å². The minimum Gasteiger partial charge on any atom is -0.457 e. The SMILES string of the molecule is Nc1ncc(/C=C/C(=O)NC[C@H]2CCNC2)c2scc(-c3ccc(Oc4ccccc4)cc3)c12. The molecule has 0 spiro atoms. The highest BCUT2D eigenvalue weighted by atomic mass is 32.1. The first-order chi connectivity index (χ1) is 16.7. The highest BCUT2D eigenvalue weighted by Gasteiger charge is 2.15. The Labute approximate surface area is 202 Å². The van der Waals surface area contributed by atoms with Crippen LogP contribution in [0, 0.1) is 5.92 Å². The third kappa shape index (κ3) is 4.95. The number of aromatic nitrogens is 1. The molecule has 172 valence electrons. The lowest BCUT2D eigenvalue weighted by atomic mass is 10.0. The van der Waals surface area contributed by atoms with Gasteiger partial charge in [0.25, 0.3) is 0 Å². The van der Waals surface area contributed by atoms with Crippen molar-refractivity contribution in [3.63, 3.8) is 0 Å². The van der Waals surface area contributed by atoms with E-state index in [1.54, 1.807) is 23.6 Å². The van der Waals surface area contributed by atoms with Gasteiger partial charge in [0.05, 0.1) is 0 Å². The molecule has 7 heteroatoms. The van der Waals surface area contributed by atoms with Gasteiger partial charge in [-0.1, -0.05) is 30.3 Å². The lowest BCUT2D eigenvalue weighted by Gasteiger charge is -2.08. The van der Waals surface area contributed by atoms with Crippen LogP contribution in [0.1, 0.15) is 12.0 Å². The van der Waals surface area contributed by atoms with Gasteiger partial charge in [-0.2, -0.15) is 0 Å². The number of hydrogen-bond acceptors (Lipinski definition) is 6. The third-order valence-electron chi connectivity index (χ3n) is 5.94. The summed E-state index contributed by atoms with van der Waals surface area (Å²) in [6, 6.07) is 17.6. The molecule has 0 aliphatic carbocycles. The number of amides is 1. The van der Waals surface area contributed by atoms with Crippen LogP contribution in [0.15, 0.2) is 72.3 Å². The molecule has 5 rings (SSSR count). The normalized spacial score (nSPS) is 15.7. The van der Waals surface area contributed by atoms with Crippen LogP contribution in [0.2, 0.25) is 0 Å². The van der Waals surface area contributed by atoms with E-state index in [1.165, 1.54) is 0 Å². The average molecular weight is 471 g/mol. The number of carbonyl (C=O) groups excluding carboxylic acids is 1. The number of hydrogen-bond donors (Lipinski definition) is 3. The van der Waals surface area contributed by atoms with E-state index in [9.17, 15) is 4.79 Å². The molecule has 1 aliphatic heterocycles. The fourth-order valence-electron chi connectivity index (χ4n) is 4.10. The van der Waals surface area contributed by atoms with E-state index in [-0.39, 0.29) is 5.91 Å². The number of thiophene rings is 1. The summed E-state index contributed by atoms with van der Waals surface area (Å²) in [6.07, 6.45) is 6.21. The molecule has 1 fully saturated rings. The molecule has 2 aromatic heterocycles. The highest BCUT2D eigenvalue weighted by Crippen LogP contribution is 2.39. The van der Waals surface area contributed by atoms with Crippen LogP contribution in [-0.2, 0) is 4.79 Å². The fraction of sp³-hybridized carbons (Fsp3) is 0.185. The van der Waals surface area contributed by atoms with Crippen molar-refractivity contribution in [1.29, 1.82) is 0 Å². The van der Waals surface area contributed by atoms with Crippen molar-refractivity contribution in [2.75, 3.05) is 25.4 Å². The molecule has 0 bridgehead atoms. The fourth-order valence-corrected chi connectivity index (χ4v) is 5.18. The smallest absolute Gasteiger partial charge is 0.244 e. The number of pyridine rings is 1. The Morgan fingerprint density at radius 2 is 1.97 bits per heavy atom. The molecule has 0 unspecified atom stereocenters. The third-order valence-corrected chi connectivity index (χ3v) is 6.97. The van der Waals surface area contributed by atoms with Crippen LogP contribution in [0.3, 0.4) is 0 Å². The summed E-state index contributed by atoms with van der Waals surface area (Å²) < 4.78 is 6.91. The standard InChI is InChI=1S/C27H26N4O2S/c28-27-25-23(19-6-9-22(10-7-19)33-21-4-2-1-3-5-21)17-34-26(25)20(16-31-27)8-11-24(32)30-15-18-12-13-29-14-18/h1-11,16-18,29H,12-15H2,(H2,28,31)(H,30,32)/b11-8+/t18-/m0/s1. The van der Waals surface area contributed by atoms with Gasteiger partial charge < -0.3 is 21.1 Å². The van der Waals surface area contributed by atoms with Gasteiger partial charge in [0.1, 0.15) is 17.3 Å². The number of nitrogens with two attached hydrogens (primary N) is 1. The summed E-state index contributed by atoms with van der Waals surface area (Å²) in [4.78, 5) is 16.7. The van der Waals surface area contributed by atoms with Crippen molar-refractivity contribution in [2.24, 2.45) is 5.92 Å². The maximum Gasteiger partial charge on any atom is 0.244 e. The number of nitrogen functional groups attached to an aromatic ring is 1. The number of nitrogens with one attached hydrogen (secondary N) is 2. The monoisotopic (exact) mass is 470 g/mol. The molecule has 6 nitrogen and oxygen atoms in total. The maximum absolute atomic E-state index is 12.3. The Morgan fingerprint density at radius 1 is 1.18 bits per heavy atom.